The van der Waals surface area contributed by atoms with Crippen LogP contribution in [0.2, 0.25) is 0 Å². The molecule has 2 amide bonds. The van der Waals surface area contributed by atoms with E-state index in [1.807, 2.05) is 26.0 Å². The highest BCUT2D eigenvalue weighted by Crippen LogP contribution is 2.40. The smallest absolute Gasteiger partial charge is 0.255 e. The molecule has 3 N–H and O–H groups in total. The molecule has 0 saturated heterocycles. The van der Waals surface area contributed by atoms with Crippen molar-refractivity contribution in [3.63, 3.8) is 0 Å². The first-order valence-electron chi connectivity index (χ1n) is 10.0. The second-order valence-electron chi connectivity index (χ2n) is 7.60. The molecule has 11 heteroatoms. The number of primary amides is 1. The lowest BCUT2D eigenvalue weighted by atomic mass is 9.86. The number of aryl methyl sites for hydroxylation is 2. The van der Waals surface area contributed by atoms with Gasteiger partial charge in [0.15, 0.2) is 23.9 Å². The summed E-state index contributed by atoms with van der Waals surface area (Å²) in [5.41, 5.74) is 8.41. The number of nitrogens with one attached hydrogen (secondary N) is 1. The van der Waals surface area contributed by atoms with Crippen molar-refractivity contribution in [1.82, 2.24) is 29.6 Å². The van der Waals surface area contributed by atoms with Crippen LogP contribution in [-0.4, -0.2) is 48.0 Å². The third kappa shape index (κ3) is 3.33. The van der Waals surface area contributed by atoms with Crippen LogP contribution in [-0.2, 0) is 9.59 Å². The standard InChI is InChI=1S/C21H20N8O3/c1-11-20-15(13-3-5-14(6-4-13)32-10-16(22)30)9-19(31)23-21(20)29(26-11)18-8-7-17-25-24-12(2)28(17)27-18/h3-8,15H,9-10H2,1-2H3,(H2,22,30)(H,23,31)/t15-/m0/s1. The van der Waals surface area contributed by atoms with Gasteiger partial charge in [-0.15, -0.1) is 15.3 Å². The van der Waals surface area contributed by atoms with E-state index in [1.165, 1.54) is 0 Å². The molecule has 3 aromatic heterocycles. The Labute approximate surface area is 182 Å². The summed E-state index contributed by atoms with van der Waals surface area (Å²) >= 11 is 0. The number of ether oxygens (including phenoxy) is 1. The fourth-order valence-electron chi connectivity index (χ4n) is 3.95. The van der Waals surface area contributed by atoms with Gasteiger partial charge in [-0.1, -0.05) is 12.1 Å². The Morgan fingerprint density at radius 3 is 2.69 bits per heavy atom. The molecule has 1 atom stereocenters. The minimum atomic E-state index is -0.542. The number of hydrogen-bond donors (Lipinski definition) is 2. The van der Waals surface area contributed by atoms with E-state index >= 15 is 0 Å². The van der Waals surface area contributed by atoms with Gasteiger partial charge in [0.2, 0.25) is 5.91 Å². The van der Waals surface area contributed by atoms with Crippen molar-refractivity contribution in [3.8, 4) is 11.6 Å². The van der Waals surface area contributed by atoms with Crippen molar-refractivity contribution in [1.29, 1.82) is 0 Å². The molecule has 4 aromatic rings. The molecule has 11 nitrogen and oxygen atoms in total. The van der Waals surface area contributed by atoms with Crippen molar-refractivity contribution in [2.75, 3.05) is 11.9 Å². The van der Waals surface area contributed by atoms with Crippen molar-refractivity contribution in [2.45, 2.75) is 26.2 Å². The average molecular weight is 432 g/mol. The third-order valence-electron chi connectivity index (χ3n) is 5.39. The van der Waals surface area contributed by atoms with Crippen LogP contribution in [0.4, 0.5) is 5.82 Å². The predicted molar refractivity (Wildman–Crippen MR) is 114 cm³/mol. The molecule has 0 aliphatic carbocycles. The molecule has 162 valence electrons. The van der Waals surface area contributed by atoms with Gasteiger partial charge in [-0.25, -0.2) is 0 Å². The molecule has 5 rings (SSSR count). The summed E-state index contributed by atoms with van der Waals surface area (Å²) in [5.74, 6) is 1.48. The van der Waals surface area contributed by atoms with E-state index in [0.29, 0.717) is 28.9 Å². The van der Waals surface area contributed by atoms with Crippen LogP contribution in [0.15, 0.2) is 36.4 Å². The highest BCUT2D eigenvalue weighted by Gasteiger charge is 2.33. The van der Waals surface area contributed by atoms with E-state index in [-0.39, 0.29) is 24.9 Å². The molecule has 1 aromatic carbocycles. The van der Waals surface area contributed by atoms with Crippen LogP contribution < -0.4 is 15.8 Å². The van der Waals surface area contributed by atoms with Crippen molar-refractivity contribution < 1.29 is 14.3 Å². The van der Waals surface area contributed by atoms with Crippen LogP contribution in [0.25, 0.3) is 11.5 Å². The van der Waals surface area contributed by atoms with Crippen LogP contribution in [0.5, 0.6) is 5.75 Å². The van der Waals surface area contributed by atoms with Gasteiger partial charge < -0.3 is 15.8 Å². The van der Waals surface area contributed by atoms with Crippen molar-refractivity contribution in [3.05, 3.63) is 59.0 Å². The quantitative estimate of drug-likeness (QED) is 0.483. The van der Waals surface area contributed by atoms with E-state index < -0.39 is 5.91 Å². The van der Waals surface area contributed by atoms with Crippen LogP contribution in [0.1, 0.15) is 35.0 Å². The maximum atomic E-state index is 12.6. The van der Waals surface area contributed by atoms with Gasteiger partial charge in [-0.2, -0.15) is 14.3 Å². The molecule has 0 radical (unpaired) electrons. The monoisotopic (exact) mass is 432 g/mol. The maximum Gasteiger partial charge on any atom is 0.255 e. The minimum Gasteiger partial charge on any atom is -0.484 e. The number of amides is 2. The number of anilines is 1. The zero-order valence-corrected chi connectivity index (χ0v) is 17.4. The van der Waals surface area contributed by atoms with Gasteiger partial charge >= 0.3 is 0 Å². The molecule has 0 saturated carbocycles. The fraction of sp³-hybridized carbons (Fsp3) is 0.238. The van der Waals surface area contributed by atoms with Gasteiger partial charge in [0.1, 0.15) is 11.6 Å². The summed E-state index contributed by atoms with van der Waals surface area (Å²) in [7, 11) is 0. The van der Waals surface area contributed by atoms with Gasteiger partial charge in [-0.05, 0) is 43.7 Å². The first kappa shape index (κ1) is 19.7. The van der Waals surface area contributed by atoms with E-state index in [0.717, 1.165) is 16.8 Å². The van der Waals surface area contributed by atoms with Crippen LogP contribution >= 0.6 is 0 Å². The lowest BCUT2D eigenvalue weighted by molar-refractivity contribution is -0.120. The Hall–Kier alpha value is -4.28. The summed E-state index contributed by atoms with van der Waals surface area (Å²) in [6.45, 7) is 3.53. The number of benzene rings is 1. The Morgan fingerprint density at radius 2 is 1.94 bits per heavy atom. The fourth-order valence-corrected chi connectivity index (χ4v) is 3.95. The zero-order valence-electron chi connectivity index (χ0n) is 17.4. The number of carbonyl (C=O) groups is 2. The summed E-state index contributed by atoms with van der Waals surface area (Å²) < 4.78 is 8.60. The van der Waals surface area contributed by atoms with Gasteiger partial charge in [-0.3, -0.25) is 9.59 Å². The van der Waals surface area contributed by atoms with E-state index in [4.69, 9.17) is 10.5 Å². The third-order valence-corrected chi connectivity index (χ3v) is 5.39. The minimum absolute atomic E-state index is 0.112. The van der Waals surface area contributed by atoms with Crippen LogP contribution in [0.3, 0.4) is 0 Å². The summed E-state index contributed by atoms with van der Waals surface area (Å²) in [6, 6.07) is 10.9. The first-order chi connectivity index (χ1) is 15.4. The summed E-state index contributed by atoms with van der Waals surface area (Å²) in [4.78, 5) is 23.5. The number of aromatic nitrogens is 6. The maximum absolute atomic E-state index is 12.6. The number of rotatable bonds is 5. The van der Waals surface area contributed by atoms with Gasteiger partial charge in [0.25, 0.3) is 5.91 Å². The van der Waals surface area contributed by atoms with Gasteiger partial charge in [0.05, 0.1) is 5.69 Å². The Balaban J connectivity index is 1.54. The Kier molecular flexibility index (Phi) is 4.58. The van der Waals surface area contributed by atoms with E-state index in [2.05, 4.69) is 25.7 Å². The molecule has 0 fully saturated rings. The normalized spacial score (nSPS) is 15.4. The molecule has 0 unspecified atom stereocenters. The average Bonchev–Trinajstić information content (AvgIpc) is 3.31. The van der Waals surface area contributed by atoms with Crippen LogP contribution in [0, 0.1) is 13.8 Å². The lowest BCUT2D eigenvalue weighted by Crippen LogP contribution is -2.25. The second kappa shape index (κ2) is 7.45. The molecular formula is C21H20N8O3. The topological polar surface area (TPSA) is 142 Å². The largest absolute Gasteiger partial charge is 0.484 e. The molecule has 0 bridgehead atoms. The molecule has 1 aliphatic rings. The molecule has 0 spiro atoms. The van der Waals surface area contributed by atoms with Crippen molar-refractivity contribution in [2.24, 2.45) is 5.73 Å². The van der Waals surface area contributed by atoms with Gasteiger partial charge in [0, 0.05) is 17.9 Å². The summed E-state index contributed by atoms with van der Waals surface area (Å²) in [6.07, 6.45) is 0.290. The first-order valence-corrected chi connectivity index (χ1v) is 10.0. The van der Waals surface area contributed by atoms with Crippen molar-refractivity contribution >= 4 is 23.3 Å². The van der Waals surface area contributed by atoms with E-state index in [9.17, 15) is 9.59 Å². The molecule has 32 heavy (non-hydrogen) atoms. The highest BCUT2D eigenvalue weighted by molar-refractivity contribution is 5.95. The SMILES string of the molecule is Cc1nn(-c2ccc3nnc(C)n3n2)c2c1[C@H](c1ccc(OCC(N)=O)cc1)CC(=O)N2. The number of hydrogen-bond acceptors (Lipinski definition) is 7. The zero-order chi connectivity index (χ0) is 22.4. The number of carbonyl (C=O) groups excluding carboxylic acids is 2. The molecule has 1 aliphatic heterocycles. The molecular weight excluding hydrogens is 412 g/mol. The Bertz CT molecular complexity index is 1360. The highest BCUT2D eigenvalue weighted by atomic mass is 16.5. The predicted octanol–water partition coefficient (Wildman–Crippen LogP) is 1.27. The number of nitrogens with two attached hydrogens (primary N) is 1. The van der Waals surface area contributed by atoms with E-state index in [1.54, 1.807) is 33.5 Å². The number of fused-ring (bicyclic) bond motifs is 2. The Morgan fingerprint density at radius 1 is 1.16 bits per heavy atom. The number of nitrogens with zero attached hydrogens (tertiary/aromatic N) is 6. The second-order valence-corrected chi connectivity index (χ2v) is 7.60. The molecule has 4 heterocycles. The summed E-state index contributed by atoms with van der Waals surface area (Å²) in [5, 5.41) is 20.3. The lowest BCUT2D eigenvalue weighted by Gasteiger charge is -2.24.